The van der Waals surface area contributed by atoms with Gasteiger partial charge in [-0.3, -0.25) is 0 Å². The quantitative estimate of drug-likeness (QED) is 0.677. The molecule has 0 aliphatic rings. The van der Waals surface area contributed by atoms with Gasteiger partial charge in [0.15, 0.2) is 0 Å². The number of hydrogen-bond donors (Lipinski definition) is 0. The molecule has 0 heterocycles. The highest BCUT2D eigenvalue weighted by atomic mass is 31.1. The number of rotatable bonds is 6. The van der Waals surface area contributed by atoms with E-state index in [2.05, 4.69) is 52.0 Å². The van der Waals surface area contributed by atoms with Crippen molar-refractivity contribution in [2.75, 3.05) is 24.6 Å². The first-order valence-corrected chi connectivity index (χ1v) is 9.70. The fraction of sp³-hybridized carbons (Fsp3) is 0.571. The molecule has 0 aliphatic heterocycles. The van der Waals surface area contributed by atoms with Gasteiger partial charge < -0.3 is 0 Å². The van der Waals surface area contributed by atoms with Crippen LogP contribution in [0.5, 0.6) is 0 Å². The zero-order valence-electron chi connectivity index (χ0n) is 11.0. The number of benzene rings is 1. The minimum Gasteiger partial charge on any atom is -0.0758 e. The van der Waals surface area contributed by atoms with Gasteiger partial charge in [0.05, 0.1) is 0 Å². The van der Waals surface area contributed by atoms with E-state index in [1.807, 2.05) is 0 Å². The lowest BCUT2D eigenvalue weighted by molar-refractivity contribution is 1.42. The van der Waals surface area contributed by atoms with Gasteiger partial charge in [-0.1, -0.05) is 55.7 Å². The van der Waals surface area contributed by atoms with E-state index in [9.17, 15) is 0 Å². The van der Waals surface area contributed by atoms with E-state index in [1.165, 1.54) is 30.0 Å². The van der Waals surface area contributed by atoms with E-state index in [-0.39, 0.29) is 15.8 Å². The average Bonchev–Trinajstić information content (AvgIpc) is 2.33. The van der Waals surface area contributed by atoms with Gasteiger partial charge >= 0.3 is 0 Å². The smallest absolute Gasteiger partial charge is 0.0100 e. The minimum atomic E-state index is 0.0525. The zero-order chi connectivity index (χ0) is 12.0. The lowest BCUT2D eigenvalue weighted by atomic mass is 10.4. The fourth-order valence-corrected chi connectivity index (χ4v) is 5.56. The van der Waals surface area contributed by atoms with Crippen LogP contribution in [0.15, 0.2) is 18.2 Å². The lowest BCUT2D eigenvalue weighted by Crippen LogP contribution is -2.13. The molecule has 0 amide bonds. The summed E-state index contributed by atoms with van der Waals surface area (Å²) < 4.78 is 0. The van der Waals surface area contributed by atoms with Gasteiger partial charge in [0.1, 0.15) is 0 Å². The summed E-state index contributed by atoms with van der Waals surface area (Å²) in [5.41, 5.74) is 0. The van der Waals surface area contributed by atoms with Crippen molar-refractivity contribution >= 4 is 26.5 Å². The summed E-state index contributed by atoms with van der Waals surface area (Å²) in [6.45, 7) is 9.23. The monoisotopic (exact) mass is 253 g/mol. The Kier molecular flexibility index (Phi) is 6.55. The van der Waals surface area contributed by atoms with Crippen molar-refractivity contribution in [3.05, 3.63) is 24.3 Å². The van der Waals surface area contributed by atoms with Crippen LogP contribution in [0.2, 0.25) is 0 Å². The third-order valence-corrected chi connectivity index (χ3v) is 8.00. The molecular formula is C14H23P2. The Hall–Kier alpha value is 0.0800. The topological polar surface area (TPSA) is 0 Å². The summed E-state index contributed by atoms with van der Waals surface area (Å²) in [7, 11) is 0.141. The van der Waals surface area contributed by atoms with Crippen LogP contribution < -0.4 is 10.6 Å². The molecule has 2 heteroatoms. The van der Waals surface area contributed by atoms with Crippen molar-refractivity contribution < 1.29 is 0 Å². The molecule has 0 unspecified atom stereocenters. The zero-order valence-corrected chi connectivity index (χ0v) is 12.7. The molecule has 0 aromatic heterocycles. The van der Waals surface area contributed by atoms with E-state index in [4.69, 9.17) is 0 Å². The van der Waals surface area contributed by atoms with Crippen molar-refractivity contribution in [3.63, 3.8) is 0 Å². The van der Waals surface area contributed by atoms with Gasteiger partial charge in [0.25, 0.3) is 0 Å². The predicted molar refractivity (Wildman–Crippen MR) is 80.6 cm³/mol. The fourth-order valence-electron chi connectivity index (χ4n) is 1.97. The van der Waals surface area contributed by atoms with Gasteiger partial charge in [0, 0.05) is 0 Å². The van der Waals surface area contributed by atoms with Crippen LogP contribution in [0, 0.1) is 6.07 Å². The SMILES string of the molecule is CCP(CC)c1[c]ccc(P(CC)CC)c1. The molecule has 1 rings (SSSR count). The van der Waals surface area contributed by atoms with Gasteiger partial charge in [-0.25, -0.2) is 0 Å². The Morgan fingerprint density at radius 3 is 2.00 bits per heavy atom. The Bertz CT molecular complexity index is 274. The summed E-state index contributed by atoms with van der Waals surface area (Å²) in [6.07, 6.45) is 5.21. The highest BCUT2D eigenvalue weighted by Gasteiger charge is 2.10. The normalized spacial score (nSPS) is 11.4. The summed E-state index contributed by atoms with van der Waals surface area (Å²) >= 11 is 0. The van der Waals surface area contributed by atoms with E-state index in [0.717, 1.165) is 0 Å². The average molecular weight is 253 g/mol. The third kappa shape index (κ3) is 3.54. The molecule has 0 saturated carbocycles. The van der Waals surface area contributed by atoms with Crippen molar-refractivity contribution in [2.24, 2.45) is 0 Å². The van der Waals surface area contributed by atoms with Crippen molar-refractivity contribution in [1.29, 1.82) is 0 Å². The molecular weight excluding hydrogens is 230 g/mol. The summed E-state index contributed by atoms with van der Waals surface area (Å²) in [6, 6.07) is 10.3. The predicted octanol–water partition coefficient (Wildman–Crippen LogP) is 3.78. The minimum absolute atomic E-state index is 0.0525. The first-order chi connectivity index (χ1) is 7.76. The molecule has 1 radical (unpaired) electrons. The molecule has 0 nitrogen and oxygen atoms in total. The maximum Gasteiger partial charge on any atom is -0.0100 e. The summed E-state index contributed by atoms with van der Waals surface area (Å²) in [5, 5.41) is 3.08. The van der Waals surface area contributed by atoms with Crippen LogP contribution in [0.4, 0.5) is 0 Å². The molecule has 0 saturated heterocycles. The summed E-state index contributed by atoms with van der Waals surface area (Å²) in [4.78, 5) is 0. The van der Waals surface area contributed by atoms with E-state index >= 15 is 0 Å². The van der Waals surface area contributed by atoms with Crippen molar-refractivity contribution in [1.82, 2.24) is 0 Å². The highest BCUT2D eigenvalue weighted by molar-refractivity contribution is 7.67. The Morgan fingerprint density at radius 1 is 0.938 bits per heavy atom. The number of hydrogen-bond acceptors (Lipinski definition) is 0. The highest BCUT2D eigenvalue weighted by Crippen LogP contribution is 2.36. The van der Waals surface area contributed by atoms with Gasteiger partial charge in [-0.05, 0) is 47.4 Å². The maximum absolute atomic E-state index is 3.45. The molecule has 0 spiro atoms. The van der Waals surface area contributed by atoms with E-state index in [0.29, 0.717) is 0 Å². The molecule has 0 bridgehead atoms. The van der Waals surface area contributed by atoms with Crippen LogP contribution in [-0.4, -0.2) is 24.6 Å². The maximum atomic E-state index is 3.45. The van der Waals surface area contributed by atoms with Crippen LogP contribution in [0.3, 0.4) is 0 Å². The van der Waals surface area contributed by atoms with Crippen LogP contribution in [-0.2, 0) is 0 Å². The molecule has 1 aromatic carbocycles. The summed E-state index contributed by atoms with van der Waals surface area (Å²) in [5.74, 6) is 0. The second-order valence-electron chi connectivity index (χ2n) is 3.78. The largest absolute Gasteiger partial charge is 0.0758 e. The molecule has 0 N–H and O–H groups in total. The van der Waals surface area contributed by atoms with Gasteiger partial charge in [-0.2, -0.15) is 0 Å². The molecule has 16 heavy (non-hydrogen) atoms. The molecule has 0 aliphatic carbocycles. The molecule has 0 fully saturated rings. The van der Waals surface area contributed by atoms with Crippen LogP contribution in [0.25, 0.3) is 0 Å². The molecule has 89 valence electrons. The molecule has 0 atom stereocenters. The van der Waals surface area contributed by atoms with E-state index < -0.39 is 0 Å². The second-order valence-corrected chi connectivity index (χ2v) is 9.46. The van der Waals surface area contributed by atoms with Gasteiger partial charge in [0.2, 0.25) is 0 Å². The van der Waals surface area contributed by atoms with Crippen molar-refractivity contribution in [3.8, 4) is 0 Å². The molecule has 1 aromatic rings. The van der Waals surface area contributed by atoms with E-state index in [1.54, 1.807) is 5.30 Å². The first-order valence-electron chi connectivity index (χ1n) is 6.28. The van der Waals surface area contributed by atoms with Crippen LogP contribution in [0.1, 0.15) is 27.7 Å². The third-order valence-electron chi connectivity index (χ3n) is 3.00. The lowest BCUT2D eigenvalue weighted by Gasteiger charge is -2.18. The van der Waals surface area contributed by atoms with Gasteiger partial charge in [-0.15, -0.1) is 0 Å². The van der Waals surface area contributed by atoms with Crippen LogP contribution >= 0.6 is 15.8 Å². The van der Waals surface area contributed by atoms with Crippen molar-refractivity contribution in [2.45, 2.75) is 27.7 Å². The second kappa shape index (κ2) is 7.41. The Labute approximate surface area is 103 Å². The Morgan fingerprint density at radius 2 is 1.50 bits per heavy atom. The first kappa shape index (κ1) is 14.1. The standard InChI is InChI=1S/C14H23P2/c1-5-15(6-2)13-10-9-11-14(12-13)16(7-3)8-4/h9-10,12H,5-8H2,1-4H3. The Balaban J connectivity index is 2.93.